The van der Waals surface area contributed by atoms with E-state index >= 15 is 0 Å². The number of aryl methyl sites for hydroxylation is 8. The van der Waals surface area contributed by atoms with Crippen LogP contribution in [0.25, 0.3) is 17.1 Å². The maximum absolute atomic E-state index is 14.4. The largest absolute Gasteiger partial charge is 1.00 e. The van der Waals surface area contributed by atoms with Crippen molar-refractivity contribution >= 4 is 123 Å². The monoisotopic (exact) mass is 2210 g/mol. The molecule has 6 aromatic carbocycles. The summed E-state index contributed by atoms with van der Waals surface area (Å²) in [6, 6.07) is 22.1. The quantitative estimate of drug-likeness (QED) is 0.00524. The second-order valence-corrected chi connectivity index (χ2v) is 37.2. The second-order valence-electron chi connectivity index (χ2n) is 35.4. The van der Waals surface area contributed by atoms with Crippen LogP contribution in [0.5, 0.6) is 0 Å². The number of diazo groups is 1. The fourth-order valence-corrected chi connectivity index (χ4v) is 15.6. The van der Waals surface area contributed by atoms with E-state index in [9.17, 15) is 60.7 Å². The highest BCUT2D eigenvalue weighted by Gasteiger charge is 2.50. The first-order valence-electron chi connectivity index (χ1n) is 51.9. The van der Waals surface area contributed by atoms with Gasteiger partial charge in [-0.1, -0.05) is 305 Å². The van der Waals surface area contributed by atoms with Gasteiger partial charge in [-0.3, -0.25) is 17.7 Å². The first kappa shape index (κ1) is 151. The number of carbonyl (C=O) groups excluding carboxylic acids is 6. The number of benzene rings is 6. The minimum Gasteiger partial charge on any atom is -1.00 e. The smallest absolute Gasteiger partial charge is 0.762 e. The molecular formula is C117H187B2Br2F6N5O16. The van der Waals surface area contributed by atoms with Crippen LogP contribution in [0.1, 0.15) is 464 Å². The molecule has 0 radical (unpaired) electrons. The van der Waals surface area contributed by atoms with E-state index in [4.69, 9.17) is 50.6 Å². The van der Waals surface area contributed by atoms with Crippen molar-refractivity contribution < 1.29 is 103 Å². The number of esters is 6. The van der Waals surface area contributed by atoms with Gasteiger partial charge in [0.05, 0.1) is 92.6 Å². The average molecular weight is 2220 g/mol. The molecule has 0 atom stereocenters. The summed E-state index contributed by atoms with van der Waals surface area (Å²) >= 11 is 6.48. The molecule has 1 saturated heterocycles. The number of hydrogen-bond acceptors (Lipinski definition) is 19. The van der Waals surface area contributed by atoms with Crippen LogP contribution in [-0.4, -0.2) is 115 Å². The maximum Gasteiger partial charge on any atom is 0.762 e. The Bertz CT molecular complexity index is 4720. The van der Waals surface area contributed by atoms with E-state index in [0.717, 1.165) is 242 Å². The zero-order chi connectivity index (χ0) is 110. The maximum atomic E-state index is 14.4. The Morgan fingerprint density at radius 3 is 1.07 bits per heavy atom. The van der Waals surface area contributed by atoms with Gasteiger partial charge in [-0.2, -0.15) is 0 Å². The summed E-state index contributed by atoms with van der Waals surface area (Å²) in [6.45, 7) is 39.6. The van der Waals surface area contributed by atoms with E-state index in [1.54, 1.807) is 37.3 Å². The Morgan fingerprint density at radius 1 is 0.412 bits per heavy atom. The Hall–Kier alpha value is -9.76. The SMILES string of the molecule is C.C.C.CC.CCC/C=C/B1OC(C)(C)C(C)(C)O1.CCC/C=C/c1cc(/C=C/CCC)c(N)c(C(=O)OC)c1.CCCCCc1cc(CCCCC)c(F)c(C(=O)O)c1.CCCCCc1cc(CCCCC)c(F)c(C(=O)OC)c1.CCCCCc1cc(CCCCC)c(N)c(C(=O)OC)c1.CCCCCc1cc(CCCCC)c([N+]#N)c(C(=O)OC)c1.CCOC(C)=O.COC(=O)c1cc(Br)cc(Br)c1N.FB(F)F.[F-]. The number of anilines is 3. The highest BCUT2D eigenvalue weighted by molar-refractivity contribution is 9.11. The zero-order valence-electron chi connectivity index (χ0n) is 91.8. The summed E-state index contributed by atoms with van der Waals surface area (Å²) in [5, 5.41) is 18.4. The number of unbranched alkanes of at least 4 members (excludes halogenated alkanes) is 19. The van der Waals surface area contributed by atoms with Crippen LogP contribution in [0.3, 0.4) is 0 Å². The van der Waals surface area contributed by atoms with Gasteiger partial charge < -0.3 is 64.7 Å². The molecule has 21 nitrogen and oxygen atoms in total. The van der Waals surface area contributed by atoms with Gasteiger partial charge in [-0.15, -0.1) is 0 Å². The van der Waals surface area contributed by atoms with Crippen molar-refractivity contribution in [2.24, 2.45) is 0 Å². The standard InChI is InChI=1S/C18H27FO2.C18H27N2O2.C18H29NO2.C18H25NO2.C17H25FO2.C11H21BO2.C8H7Br2NO2.C4H8O2.C2H6.3CH4.BF3.FH/c1-4-6-8-10-14-12-15(11-9-7-5-2)17(19)16(13-14)18(20)21-3;1-4-6-8-10-14-12-15(11-9-7-5-2)17(20-19)16(13-14)18(21)22-3;2*1-4-6-8-10-14-12-15(11-9-7-5-2)17(19)16(13-14)18(20)21-3;1-3-5-7-9-13-11-14(10-8-6-4-2)16(18)15(12-13)17(19)20;1-6-7-8-9-12-13-10(2,3)11(4,5)14-12;1-13-8(12)5-2-4(9)3-6(10)7(5)11;1-3-6-4(2)5;1-2;;;;2-1(3)4;/h12-13H,4-11H2,1-3H3;12-13H,4-11H2,1-3H3;12-13H,4-11,19H2,1-3H3;8-13H,4-7,19H2,1-3H3;11-12H,3-10H2,1-2H3,(H,19,20);8-9H,6-7H2,1-5H3;2-3H,11H2,1H3;3H2,1-2H3;1-2H3;3*1H4;;1H/q;+1;;;;;;;;;;;;/p-1/b;;;10-8+,11-9+;;9-8+;;;;;;;;. The third-order valence-electron chi connectivity index (χ3n) is 23.0. The molecule has 0 aromatic heterocycles. The minimum atomic E-state index is -3.67. The highest BCUT2D eigenvalue weighted by Crippen LogP contribution is 2.38. The lowest BCUT2D eigenvalue weighted by Crippen LogP contribution is -3.00. The van der Waals surface area contributed by atoms with Crippen molar-refractivity contribution in [3.8, 4) is 0 Å². The van der Waals surface area contributed by atoms with Crippen molar-refractivity contribution in [1.29, 1.82) is 5.39 Å². The van der Waals surface area contributed by atoms with E-state index < -0.39 is 49.0 Å². The number of aromatic carboxylic acids is 1. The first-order valence-corrected chi connectivity index (χ1v) is 53.5. The van der Waals surface area contributed by atoms with Crippen LogP contribution < -0.4 is 21.9 Å². The van der Waals surface area contributed by atoms with Gasteiger partial charge >= 0.3 is 62.1 Å². The lowest BCUT2D eigenvalue weighted by atomic mass is 9.89. The van der Waals surface area contributed by atoms with E-state index in [0.29, 0.717) is 80.1 Å². The molecule has 838 valence electrons. The molecule has 0 unspecified atom stereocenters. The Labute approximate surface area is 905 Å². The van der Waals surface area contributed by atoms with Gasteiger partial charge in [0, 0.05) is 27.1 Å². The summed E-state index contributed by atoms with van der Waals surface area (Å²) in [5.74, 6) is -2.52. The summed E-state index contributed by atoms with van der Waals surface area (Å²) in [5.41, 5.74) is 30.2. The van der Waals surface area contributed by atoms with Crippen molar-refractivity contribution in [3.05, 3.63) is 212 Å². The van der Waals surface area contributed by atoms with E-state index in [1.807, 2.05) is 56.2 Å². The summed E-state index contributed by atoms with van der Waals surface area (Å²) in [4.78, 5) is 83.0. The molecule has 6 aromatic rings. The molecule has 31 heteroatoms. The Balaban J connectivity index is -0.000000308. The molecule has 0 aliphatic carbocycles. The molecule has 0 amide bonds. The van der Waals surface area contributed by atoms with Gasteiger partial charge in [0.2, 0.25) is 5.39 Å². The van der Waals surface area contributed by atoms with Gasteiger partial charge in [0.25, 0.3) is 0 Å². The molecule has 1 aliphatic heterocycles. The van der Waals surface area contributed by atoms with Gasteiger partial charge in [0.15, 0.2) is 10.5 Å². The summed E-state index contributed by atoms with van der Waals surface area (Å²) in [7, 11) is 2.89. The Morgan fingerprint density at radius 2 is 0.716 bits per heavy atom. The van der Waals surface area contributed by atoms with Crippen LogP contribution >= 0.6 is 31.9 Å². The molecule has 1 fully saturated rings. The lowest BCUT2D eigenvalue weighted by molar-refractivity contribution is -0.140. The molecular weight excluding hydrogens is 2030 g/mol. The van der Waals surface area contributed by atoms with Crippen molar-refractivity contribution in [3.63, 3.8) is 0 Å². The van der Waals surface area contributed by atoms with Crippen molar-refractivity contribution in [2.75, 3.05) is 59.4 Å². The predicted octanol–water partition coefficient (Wildman–Crippen LogP) is 31.6. The third kappa shape index (κ3) is 62.8. The van der Waals surface area contributed by atoms with Crippen LogP contribution in [0.15, 0.2) is 106 Å². The fourth-order valence-electron chi connectivity index (χ4n) is 14.4. The van der Waals surface area contributed by atoms with E-state index in [-0.39, 0.29) is 68.4 Å². The van der Waals surface area contributed by atoms with Gasteiger partial charge in [0.1, 0.15) is 11.6 Å². The van der Waals surface area contributed by atoms with Gasteiger partial charge in [-0.25, -0.2) is 37.5 Å². The third-order valence-corrected chi connectivity index (χ3v) is 24.1. The second kappa shape index (κ2) is 91.1. The molecule has 1 heterocycles. The first-order chi connectivity index (χ1) is 68.6. The number of carboxylic acids is 1. The highest BCUT2D eigenvalue weighted by atomic mass is 79.9. The lowest BCUT2D eigenvalue weighted by Gasteiger charge is -2.32. The minimum absolute atomic E-state index is 0. The zero-order valence-corrected chi connectivity index (χ0v) is 95.0. The summed E-state index contributed by atoms with van der Waals surface area (Å²) in [6.07, 6.45) is 50.0. The summed E-state index contributed by atoms with van der Waals surface area (Å²) < 4.78 is 98.8. The number of rotatable bonds is 48. The molecule has 7 N–H and O–H groups in total. The van der Waals surface area contributed by atoms with Crippen LogP contribution in [-0.2, 0) is 93.9 Å². The Kier molecular flexibility index (Phi) is 93.0. The molecule has 7 rings (SSSR count). The number of nitrogens with zero attached hydrogens (tertiary/aromatic N) is 2. The number of nitrogen functional groups attached to an aromatic ring is 3. The van der Waals surface area contributed by atoms with Crippen molar-refractivity contribution in [2.45, 2.75) is 409 Å². The average Bonchev–Trinajstić information content (AvgIpc) is 1.64. The van der Waals surface area contributed by atoms with E-state index in [1.165, 1.54) is 86.2 Å². The fraction of sp³-hybridized carbons (Fsp3) is 0.581. The molecule has 0 bridgehead atoms. The van der Waals surface area contributed by atoms with Crippen LogP contribution in [0.4, 0.5) is 44.5 Å². The number of allylic oxidation sites excluding steroid dienone is 3. The number of carboxylic acid groups (broad SMARTS) is 1. The number of methoxy groups -OCH3 is 5. The van der Waals surface area contributed by atoms with Gasteiger partial charge in [-0.05, 0) is 277 Å². The number of nitrogens with two attached hydrogens (primary N) is 3. The molecule has 0 saturated carbocycles. The number of hydrogen-bond donors (Lipinski definition) is 4. The van der Waals surface area contributed by atoms with Crippen molar-refractivity contribution in [1.82, 2.24) is 0 Å². The molecule has 148 heavy (non-hydrogen) atoms. The number of halogens is 8. The molecule has 1 aliphatic rings. The molecule has 0 spiro atoms. The normalized spacial score (nSPS) is 11.4. The topological polar surface area (TPSA) is 320 Å². The predicted molar refractivity (Wildman–Crippen MR) is 612 cm³/mol. The number of carbonyl (C=O) groups is 7. The van der Waals surface area contributed by atoms with E-state index in [2.05, 4.69) is 181 Å². The number of ether oxygens (including phenoxy) is 6. The van der Waals surface area contributed by atoms with Crippen LogP contribution in [0.2, 0.25) is 0 Å². The van der Waals surface area contributed by atoms with Crippen LogP contribution in [0, 0.1) is 17.0 Å².